The smallest absolute Gasteiger partial charge is 0.310 e. The van der Waals surface area contributed by atoms with Crippen molar-refractivity contribution in [1.82, 2.24) is 0 Å². The van der Waals surface area contributed by atoms with Gasteiger partial charge in [-0.05, 0) is 47.3 Å². The summed E-state index contributed by atoms with van der Waals surface area (Å²) < 4.78 is 0. The molecule has 1 saturated carbocycles. The van der Waals surface area contributed by atoms with Crippen LogP contribution in [-0.2, 0) is 11.2 Å². The lowest BCUT2D eigenvalue weighted by Gasteiger charge is -2.26. The van der Waals surface area contributed by atoms with E-state index in [1.54, 1.807) is 0 Å². The van der Waals surface area contributed by atoms with Gasteiger partial charge in [-0.25, -0.2) is 0 Å². The van der Waals surface area contributed by atoms with Crippen LogP contribution in [-0.4, -0.2) is 11.1 Å². The van der Waals surface area contributed by atoms with Gasteiger partial charge in [0.15, 0.2) is 0 Å². The molecule has 2 aromatic rings. The maximum atomic E-state index is 12.4. The molecule has 24 heavy (non-hydrogen) atoms. The van der Waals surface area contributed by atoms with Gasteiger partial charge in [-0.2, -0.15) is 0 Å². The highest BCUT2D eigenvalue weighted by Gasteiger charge is 2.79. The minimum Gasteiger partial charge on any atom is -0.481 e. The predicted octanol–water partition coefficient (Wildman–Crippen LogP) is 5.00. The Kier molecular flexibility index (Phi) is 3.35. The number of aliphatic carboxylic acids is 1. The van der Waals surface area contributed by atoms with E-state index in [1.165, 1.54) is 16.7 Å². The largest absolute Gasteiger partial charge is 0.481 e. The Hall–Kier alpha value is -2.09. The Morgan fingerprint density at radius 2 is 1.71 bits per heavy atom. The highest BCUT2D eigenvalue weighted by atomic mass is 16.4. The molecule has 0 amide bonds. The molecular formula is C22H24O2. The molecule has 1 N–H and O–H groups in total. The van der Waals surface area contributed by atoms with Gasteiger partial charge in [0.05, 0.1) is 5.41 Å². The maximum Gasteiger partial charge on any atom is 0.310 e. The zero-order valence-corrected chi connectivity index (χ0v) is 14.3. The quantitative estimate of drug-likeness (QED) is 0.860. The fourth-order valence-corrected chi connectivity index (χ4v) is 5.53. The zero-order valence-electron chi connectivity index (χ0n) is 14.3. The zero-order chi connectivity index (χ0) is 16.9. The van der Waals surface area contributed by atoms with Crippen molar-refractivity contribution < 1.29 is 9.90 Å². The summed E-state index contributed by atoms with van der Waals surface area (Å²) >= 11 is 0. The van der Waals surface area contributed by atoms with E-state index in [0.29, 0.717) is 12.3 Å². The van der Waals surface area contributed by atoms with E-state index in [1.807, 2.05) is 18.2 Å². The van der Waals surface area contributed by atoms with Crippen LogP contribution in [0.1, 0.15) is 55.2 Å². The second-order valence-corrected chi connectivity index (χ2v) is 7.85. The Morgan fingerprint density at radius 1 is 1.08 bits per heavy atom. The summed E-state index contributed by atoms with van der Waals surface area (Å²) in [4.78, 5) is 12.4. The predicted molar refractivity (Wildman–Crippen MR) is 95.2 cm³/mol. The number of fused-ring (bicyclic) bond motifs is 3. The van der Waals surface area contributed by atoms with Gasteiger partial charge in [-0.3, -0.25) is 4.79 Å². The first-order valence-corrected chi connectivity index (χ1v) is 8.87. The summed E-state index contributed by atoms with van der Waals surface area (Å²) in [7, 11) is 0. The van der Waals surface area contributed by atoms with Crippen LogP contribution in [0.3, 0.4) is 0 Å². The molecule has 2 heteroatoms. The van der Waals surface area contributed by atoms with Gasteiger partial charge < -0.3 is 5.11 Å². The number of rotatable bonds is 4. The third kappa shape index (κ3) is 1.92. The van der Waals surface area contributed by atoms with Crippen LogP contribution in [0.5, 0.6) is 0 Å². The van der Waals surface area contributed by atoms with Gasteiger partial charge in [-0.1, -0.05) is 68.4 Å². The van der Waals surface area contributed by atoms with Crippen molar-refractivity contribution in [2.24, 2.45) is 10.8 Å². The van der Waals surface area contributed by atoms with E-state index < -0.39 is 11.4 Å². The number of benzene rings is 2. The molecule has 2 aliphatic rings. The SMILES string of the molecule is C[C@H]1C[C@@]2(C)[C@@H](c3ccccc31)[C@@]2(CCc1ccccc1)C(=O)O. The molecule has 0 aromatic heterocycles. The summed E-state index contributed by atoms with van der Waals surface area (Å²) in [5.41, 5.74) is 3.11. The second kappa shape index (κ2) is 5.20. The van der Waals surface area contributed by atoms with Crippen LogP contribution in [0.15, 0.2) is 54.6 Å². The molecule has 0 aliphatic heterocycles. The first-order valence-electron chi connectivity index (χ1n) is 8.87. The van der Waals surface area contributed by atoms with E-state index >= 15 is 0 Å². The van der Waals surface area contributed by atoms with E-state index in [2.05, 4.69) is 50.2 Å². The topological polar surface area (TPSA) is 37.3 Å². The maximum absolute atomic E-state index is 12.4. The molecule has 1 fully saturated rings. The molecule has 124 valence electrons. The van der Waals surface area contributed by atoms with Gasteiger partial charge in [0.25, 0.3) is 0 Å². The lowest BCUT2D eigenvalue weighted by molar-refractivity contribution is -0.145. The number of aryl methyl sites for hydroxylation is 1. The van der Waals surface area contributed by atoms with E-state index in [4.69, 9.17) is 0 Å². The van der Waals surface area contributed by atoms with Crippen LogP contribution in [0.4, 0.5) is 0 Å². The van der Waals surface area contributed by atoms with Crippen molar-refractivity contribution in [1.29, 1.82) is 0 Å². The third-order valence-corrected chi connectivity index (χ3v) is 6.67. The molecule has 2 aromatic carbocycles. The number of hydrogen-bond donors (Lipinski definition) is 1. The first kappa shape index (κ1) is 15.4. The second-order valence-electron chi connectivity index (χ2n) is 7.85. The minimum atomic E-state index is -0.621. The standard InChI is InChI=1S/C22H24O2/c1-15-14-21(2)19(18-11-7-6-10-17(15)18)22(21,20(23)24)13-12-16-8-4-3-5-9-16/h3-11,15,19H,12-14H2,1-2H3,(H,23,24)/t15-,19+,21-,22-/m0/s1. The first-order chi connectivity index (χ1) is 11.5. The Bertz CT molecular complexity index is 782. The summed E-state index contributed by atoms with van der Waals surface area (Å²) in [6.07, 6.45) is 2.51. The average molecular weight is 320 g/mol. The van der Waals surface area contributed by atoms with Crippen molar-refractivity contribution in [3.63, 3.8) is 0 Å². The summed E-state index contributed by atoms with van der Waals surface area (Å²) in [6.45, 7) is 4.44. The monoisotopic (exact) mass is 320 g/mol. The summed E-state index contributed by atoms with van der Waals surface area (Å²) in [6, 6.07) is 18.7. The third-order valence-electron chi connectivity index (χ3n) is 6.67. The number of carbonyl (C=O) groups is 1. The van der Waals surface area contributed by atoms with Crippen LogP contribution < -0.4 is 0 Å². The molecule has 2 nitrogen and oxygen atoms in total. The lowest BCUT2D eigenvalue weighted by atomic mass is 9.77. The molecule has 4 rings (SSSR count). The van der Waals surface area contributed by atoms with Crippen molar-refractivity contribution in [3.05, 3.63) is 71.3 Å². The molecule has 0 heterocycles. The van der Waals surface area contributed by atoms with Crippen LogP contribution in [0, 0.1) is 10.8 Å². The van der Waals surface area contributed by atoms with Gasteiger partial charge in [-0.15, -0.1) is 0 Å². The highest BCUT2D eigenvalue weighted by molar-refractivity contribution is 5.84. The van der Waals surface area contributed by atoms with E-state index in [-0.39, 0.29) is 11.3 Å². The molecule has 4 atom stereocenters. The van der Waals surface area contributed by atoms with E-state index in [0.717, 1.165) is 12.8 Å². The molecule has 0 unspecified atom stereocenters. The van der Waals surface area contributed by atoms with Crippen molar-refractivity contribution in [2.45, 2.75) is 44.9 Å². The Balaban J connectivity index is 1.71. The van der Waals surface area contributed by atoms with Crippen molar-refractivity contribution in [3.8, 4) is 0 Å². The van der Waals surface area contributed by atoms with Crippen molar-refractivity contribution >= 4 is 5.97 Å². The molecular weight excluding hydrogens is 296 g/mol. The van der Waals surface area contributed by atoms with Crippen LogP contribution in [0.2, 0.25) is 0 Å². The van der Waals surface area contributed by atoms with Crippen molar-refractivity contribution in [2.75, 3.05) is 0 Å². The Labute approximate surface area is 143 Å². The minimum absolute atomic E-state index is 0.124. The number of carboxylic acids is 1. The molecule has 0 spiro atoms. The average Bonchev–Trinajstić information content (AvgIpc) is 3.14. The fraction of sp³-hybridized carbons (Fsp3) is 0.409. The van der Waals surface area contributed by atoms with Gasteiger partial charge in [0.2, 0.25) is 0 Å². The molecule has 0 bridgehead atoms. The number of carboxylic acid groups (broad SMARTS) is 1. The molecule has 0 radical (unpaired) electrons. The molecule has 0 saturated heterocycles. The van der Waals surface area contributed by atoms with Crippen LogP contribution in [0.25, 0.3) is 0 Å². The highest BCUT2D eigenvalue weighted by Crippen LogP contribution is 2.81. The number of hydrogen-bond acceptors (Lipinski definition) is 1. The normalized spacial score (nSPS) is 33.4. The summed E-state index contributed by atoms with van der Waals surface area (Å²) in [5.74, 6) is -0.0335. The van der Waals surface area contributed by atoms with Gasteiger partial charge >= 0.3 is 5.97 Å². The fourth-order valence-electron chi connectivity index (χ4n) is 5.53. The van der Waals surface area contributed by atoms with Gasteiger partial charge in [0.1, 0.15) is 0 Å². The molecule has 2 aliphatic carbocycles. The van der Waals surface area contributed by atoms with E-state index in [9.17, 15) is 9.90 Å². The van der Waals surface area contributed by atoms with Crippen LogP contribution >= 0.6 is 0 Å². The Morgan fingerprint density at radius 3 is 2.38 bits per heavy atom. The summed E-state index contributed by atoms with van der Waals surface area (Å²) in [5, 5.41) is 10.2. The lowest BCUT2D eigenvalue weighted by Crippen LogP contribution is -2.24. The van der Waals surface area contributed by atoms with Gasteiger partial charge in [0, 0.05) is 5.92 Å².